The van der Waals surface area contributed by atoms with E-state index in [0.29, 0.717) is 21.9 Å². The third kappa shape index (κ3) is 2.10. The number of thiophene rings is 1. The first-order valence-electron chi connectivity index (χ1n) is 4.63. The molecular formula is C12H9ClO2S. The lowest BCUT2D eigenvalue weighted by molar-refractivity contribution is 0.103. The van der Waals surface area contributed by atoms with Gasteiger partial charge in [-0.15, -0.1) is 0 Å². The molecule has 0 saturated carbocycles. The Hall–Kier alpha value is -1.32. The van der Waals surface area contributed by atoms with Crippen molar-refractivity contribution in [3.63, 3.8) is 0 Å². The molecule has 0 saturated heterocycles. The number of halogens is 1. The standard InChI is InChI=1S/C12H9ClO2S/c1-15-9-2-3-10(11(13)6-9)12(14)8-4-5-16-7-8/h2-7H,1H3. The maximum absolute atomic E-state index is 12.0. The van der Waals surface area contributed by atoms with Crippen LogP contribution in [0.3, 0.4) is 0 Å². The highest BCUT2D eigenvalue weighted by molar-refractivity contribution is 7.08. The van der Waals surface area contributed by atoms with E-state index in [4.69, 9.17) is 16.3 Å². The van der Waals surface area contributed by atoms with Crippen molar-refractivity contribution >= 4 is 28.7 Å². The number of ether oxygens (including phenoxy) is 1. The van der Waals surface area contributed by atoms with Gasteiger partial charge >= 0.3 is 0 Å². The van der Waals surface area contributed by atoms with Crippen molar-refractivity contribution in [2.75, 3.05) is 7.11 Å². The maximum Gasteiger partial charge on any atom is 0.195 e. The lowest BCUT2D eigenvalue weighted by Gasteiger charge is -2.04. The zero-order valence-corrected chi connectivity index (χ0v) is 10.1. The zero-order chi connectivity index (χ0) is 11.5. The summed E-state index contributed by atoms with van der Waals surface area (Å²) < 4.78 is 5.03. The van der Waals surface area contributed by atoms with Crippen LogP contribution in [0.4, 0.5) is 0 Å². The van der Waals surface area contributed by atoms with E-state index in [1.165, 1.54) is 11.3 Å². The van der Waals surface area contributed by atoms with Crippen LogP contribution in [0.1, 0.15) is 15.9 Å². The fourth-order valence-corrected chi connectivity index (χ4v) is 2.25. The largest absolute Gasteiger partial charge is 0.497 e. The second-order valence-corrected chi connectivity index (χ2v) is 4.37. The summed E-state index contributed by atoms with van der Waals surface area (Å²) in [7, 11) is 1.56. The second-order valence-electron chi connectivity index (χ2n) is 3.19. The molecule has 16 heavy (non-hydrogen) atoms. The van der Waals surface area contributed by atoms with Crippen molar-refractivity contribution in [3.8, 4) is 5.75 Å². The second kappa shape index (κ2) is 4.68. The van der Waals surface area contributed by atoms with Crippen LogP contribution >= 0.6 is 22.9 Å². The molecule has 0 bridgehead atoms. The quantitative estimate of drug-likeness (QED) is 0.780. The number of carbonyl (C=O) groups excluding carboxylic acids is 1. The van der Waals surface area contributed by atoms with Gasteiger partial charge in [0.15, 0.2) is 5.78 Å². The van der Waals surface area contributed by atoms with Crippen LogP contribution in [0.15, 0.2) is 35.0 Å². The van der Waals surface area contributed by atoms with Gasteiger partial charge in [-0.1, -0.05) is 11.6 Å². The van der Waals surface area contributed by atoms with Gasteiger partial charge in [-0.25, -0.2) is 0 Å². The van der Waals surface area contributed by atoms with Gasteiger partial charge in [0.1, 0.15) is 5.75 Å². The molecule has 0 atom stereocenters. The zero-order valence-electron chi connectivity index (χ0n) is 8.57. The molecule has 0 aliphatic rings. The Bertz CT molecular complexity index is 506. The summed E-state index contributed by atoms with van der Waals surface area (Å²) >= 11 is 7.51. The van der Waals surface area contributed by atoms with E-state index >= 15 is 0 Å². The Morgan fingerprint density at radius 3 is 2.75 bits per heavy atom. The van der Waals surface area contributed by atoms with E-state index in [0.717, 1.165) is 0 Å². The molecule has 0 radical (unpaired) electrons. The van der Waals surface area contributed by atoms with Crippen molar-refractivity contribution in [1.82, 2.24) is 0 Å². The topological polar surface area (TPSA) is 26.3 Å². The average Bonchev–Trinajstić information content (AvgIpc) is 2.81. The van der Waals surface area contributed by atoms with Crippen LogP contribution in [0.5, 0.6) is 5.75 Å². The Labute approximate surface area is 102 Å². The Morgan fingerprint density at radius 2 is 2.19 bits per heavy atom. The molecular weight excluding hydrogens is 244 g/mol. The van der Waals surface area contributed by atoms with Crippen molar-refractivity contribution in [3.05, 3.63) is 51.2 Å². The van der Waals surface area contributed by atoms with Gasteiger partial charge in [0.25, 0.3) is 0 Å². The highest BCUT2D eigenvalue weighted by Gasteiger charge is 2.13. The Kier molecular flexibility index (Phi) is 3.27. The van der Waals surface area contributed by atoms with Crippen LogP contribution in [0.25, 0.3) is 0 Å². The fourth-order valence-electron chi connectivity index (χ4n) is 1.36. The number of rotatable bonds is 3. The Balaban J connectivity index is 2.38. The van der Waals surface area contributed by atoms with Gasteiger partial charge in [-0.05, 0) is 29.6 Å². The first-order chi connectivity index (χ1) is 7.72. The summed E-state index contributed by atoms with van der Waals surface area (Å²) in [6.07, 6.45) is 0. The normalized spacial score (nSPS) is 10.1. The highest BCUT2D eigenvalue weighted by atomic mass is 35.5. The van der Waals surface area contributed by atoms with Crippen LogP contribution in [0.2, 0.25) is 5.02 Å². The van der Waals surface area contributed by atoms with Gasteiger partial charge in [0.2, 0.25) is 0 Å². The van der Waals surface area contributed by atoms with Gasteiger partial charge in [-0.3, -0.25) is 4.79 Å². The van der Waals surface area contributed by atoms with E-state index in [2.05, 4.69) is 0 Å². The maximum atomic E-state index is 12.0. The van der Waals surface area contributed by atoms with Crippen LogP contribution in [-0.4, -0.2) is 12.9 Å². The summed E-state index contributed by atoms with van der Waals surface area (Å²) in [6.45, 7) is 0. The molecule has 1 aromatic carbocycles. The van der Waals surface area contributed by atoms with E-state index in [1.54, 1.807) is 31.4 Å². The minimum Gasteiger partial charge on any atom is -0.497 e. The van der Waals surface area contributed by atoms with Gasteiger partial charge in [0.05, 0.1) is 12.1 Å². The lowest BCUT2D eigenvalue weighted by Crippen LogP contribution is -2.00. The fraction of sp³-hybridized carbons (Fsp3) is 0.0833. The van der Waals surface area contributed by atoms with Crippen LogP contribution in [-0.2, 0) is 0 Å². The van der Waals surface area contributed by atoms with Crippen molar-refractivity contribution in [2.45, 2.75) is 0 Å². The van der Waals surface area contributed by atoms with E-state index in [1.807, 2.05) is 10.8 Å². The van der Waals surface area contributed by atoms with E-state index in [-0.39, 0.29) is 5.78 Å². The number of ketones is 1. The average molecular weight is 253 g/mol. The number of methoxy groups -OCH3 is 1. The molecule has 0 aliphatic carbocycles. The summed E-state index contributed by atoms with van der Waals surface area (Å²) in [4.78, 5) is 12.0. The predicted molar refractivity (Wildman–Crippen MR) is 65.8 cm³/mol. The molecule has 0 fully saturated rings. The summed E-state index contributed by atoms with van der Waals surface area (Å²) in [5.41, 5.74) is 1.16. The molecule has 1 aromatic heterocycles. The molecule has 82 valence electrons. The first-order valence-corrected chi connectivity index (χ1v) is 5.95. The van der Waals surface area contributed by atoms with Crippen molar-refractivity contribution < 1.29 is 9.53 Å². The summed E-state index contributed by atoms with van der Waals surface area (Å²) in [6, 6.07) is 6.83. The highest BCUT2D eigenvalue weighted by Crippen LogP contribution is 2.25. The third-order valence-electron chi connectivity index (χ3n) is 2.20. The van der Waals surface area contributed by atoms with Crippen LogP contribution in [0, 0.1) is 0 Å². The Morgan fingerprint density at radius 1 is 1.38 bits per heavy atom. The molecule has 0 spiro atoms. The van der Waals surface area contributed by atoms with E-state index in [9.17, 15) is 4.79 Å². The minimum atomic E-state index is -0.0612. The van der Waals surface area contributed by atoms with Gasteiger partial charge in [-0.2, -0.15) is 11.3 Å². The minimum absolute atomic E-state index is 0.0612. The summed E-state index contributed by atoms with van der Waals surface area (Å²) in [5, 5.41) is 4.09. The molecule has 2 nitrogen and oxygen atoms in total. The van der Waals surface area contributed by atoms with Gasteiger partial charge in [0, 0.05) is 16.5 Å². The summed E-state index contributed by atoms with van der Waals surface area (Å²) in [5.74, 6) is 0.584. The SMILES string of the molecule is COc1ccc(C(=O)c2ccsc2)c(Cl)c1. The number of benzene rings is 1. The van der Waals surface area contributed by atoms with Gasteiger partial charge < -0.3 is 4.74 Å². The molecule has 0 aliphatic heterocycles. The van der Waals surface area contributed by atoms with Crippen molar-refractivity contribution in [1.29, 1.82) is 0 Å². The van der Waals surface area contributed by atoms with E-state index < -0.39 is 0 Å². The number of hydrogen-bond donors (Lipinski definition) is 0. The molecule has 4 heteroatoms. The third-order valence-corrected chi connectivity index (χ3v) is 3.20. The lowest BCUT2D eigenvalue weighted by atomic mass is 10.1. The molecule has 0 unspecified atom stereocenters. The molecule has 2 aromatic rings. The molecule has 2 rings (SSSR count). The number of carbonyl (C=O) groups is 1. The molecule has 1 heterocycles. The molecule has 0 amide bonds. The first kappa shape index (κ1) is 11.2. The smallest absolute Gasteiger partial charge is 0.195 e. The van der Waals surface area contributed by atoms with Crippen molar-refractivity contribution in [2.24, 2.45) is 0 Å². The number of hydrogen-bond acceptors (Lipinski definition) is 3. The predicted octanol–water partition coefficient (Wildman–Crippen LogP) is 3.64. The monoisotopic (exact) mass is 252 g/mol. The van der Waals surface area contributed by atoms with Crippen LogP contribution < -0.4 is 4.74 Å². The molecule has 0 N–H and O–H groups in total.